The van der Waals surface area contributed by atoms with Gasteiger partial charge in [-0.05, 0) is 58.2 Å². The number of benzene rings is 3. The van der Waals surface area contributed by atoms with Crippen molar-refractivity contribution in [3.63, 3.8) is 0 Å². The molecule has 4 nitrogen and oxygen atoms in total. The Labute approximate surface area is 226 Å². The third-order valence-corrected chi connectivity index (χ3v) is 6.97. The van der Waals surface area contributed by atoms with Gasteiger partial charge in [-0.15, -0.1) is 11.8 Å². The Kier molecular flexibility index (Phi) is 9.99. The number of nitrogens with one attached hydrogen (secondary N) is 1. The third-order valence-electron chi connectivity index (χ3n) is 5.98. The summed E-state index contributed by atoms with van der Waals surface area (Å²) in [6, 6.07) is 24.0. The number of hydrogen-bond donors (Lipinski definition) is 1. The van der Waals surface area contributed by atoms with Crippen LogP contribution in [-0.2, 0) is 28.3 Å². The van der Waals surface area contributed by atoms with Crippen molar-refractivity contribution in [3.8, 4) is 0 Å². The monoisotopic (exact) mass is 516 g/mol. The lowest BCUT2D eigenvalue weighted by atomic mass is 10.0. The smallest absolute Gasteiger partial charge is 0.243 e. The fraction of sp³-hybridized carbons (Fsp3) is 0.375. The van der Waals surface area contributed by atoms with E-state index in [4.69, 9.17) is 0 Å². The molecular formula is C32H40N2O2S. The predicted molar refractivity (Wildman–Crippen MR) is 156 cm³/mol. The molecule has 196 valence electrons. The van der Waals surface area contributed by atoms with Crippen LogP contribution in [0.15, 0.2) is 72.8 Å². The summed E-state index contributed by atoms with van der Waals surface area (Å²) >= 11 is 1.60. The molecule has 0 spiro atoms. The lowest BCUT2D eigenvalue weighted by molar-refractivity contribution is -0.140. The Morgan fingerprint density at radius 2 is 1.43 bits per heavy atom. The standard InChI is InChI=1S/C32H40N2O2S/c1-23-11-10-14-27(16-23)20-34(30(35)22-37-21-28-17-24(2)15-25(3)18-28)29(31(36)33-32(4,5)6)19-26-12-8-7-9-13-26/h7-18,29H,19-22H2,1-6H3,(H,33,36)/t29-/m0/s1. The van der Waals surface area contributed by atoms with Crippen LogP contribution in [0.5, 0.6) is 0 Å². The van der Waals surface area contributed by atoms with Crippen LogP contribution < -0.4 is 5.32 Å². The summed E-state index contributed by atoms with van der Waals surface area (Å²) in [5.41, 5.74) is 6.45. The summed E-state index contributed by atoms with van der Waals surface area (Å²) in [7, 11) is 0. The molecule has 0 saturated heterocycles. The minimum Gasteiger partial charge on any atom is -0.350 e. The van der Waals surface area contributed by atoms with Gasteiger partial charge in [0.05, 0.1) is 5.75 Å². The van der Waals surface area contributed by atoms with Gasteiger partial charge in [0.1, 0.15) is 6.04 Å². The van der Waals surface area contributed by atoms with E-state index in [9.17, 15) is 9.59 Å². The van der Waals surface area contributed by atoms with Crippen LogP contribution in [0.3, 0.4) is 0 Å². The number of rotatable bonds is 10. The fourth-order valence-corrected chi connectivity index (χ4v) is 5.35. The maximum atomic E-state index is 13.8. The van der Waals surface area contributed by atoms with E-state index in [0.717, 1.165) is 22.4 Å². The molecule has 0 heterocycles. The quantitative estimate of drug-likeness (QED) is 0.339. The van der Waals surface area contributed by atoms with Gasteiger partial charge in [0.2, 0.25) is 11.8 Å². The zero-order valence-corrected chi connectivity index (χ0v) is 23.8. The molecule has 2 amide bonds. The molecule has 0 bridgehead atoms. The van der Waals surface area contributed by atoms with Gasteiger partial charge in [-0.25, -0.2) is 0 Å². The molecule has 1 N–H and O–H groups in total. The molecule has 0 unspecified atom stereocenters. The highest BCUT2D eigenvalue weighted by atomic mass is 32.2. The van der Waals surface area contributed by atoms with Gasteiger partial charge >= 0.3 is 0 Å². The minimum absolute atomic E-state index is 0.0270. The molecule has 0 aromatic heterocycles. The van der Waals surface area contributed by atoms with Gasteiger partial charge in [-0.2, -0.15) is 0 Å². The zero-order chi connectivity index (χ0) is 27.0. The van der Waals surface area contributed by atoms with Crippen molar-refractivity contribution in [2.24, 2.45) is 0 Å². The first-order valence-corrected chi connectivity index (χ1v) is 14.0. The molecular weight excluding hydrogens is 476 g/mol. The maximum Gasteiger partial charge on any atom is 0.243 e. The van der Waals surface area contributed by atoms with E-state index in [1.165, 1.54) is 16.7 Å². The second kappa shape index (κ2) is 13.0. The average Bonchev–Trinajstić information content (AvgIpc) is 2.80. The normalized spacial score (nSPS) is 12.2. The molecule has 5 heteroatoms. The lowest BCUT2D eigenvalue weighted by Gasteiger charge is -2.34. The lowest BCUT2D eigenvalue weighted by Crippen LogP contribution is -2.54. The summed E-state index contributed by atoms with van der Waals surface area (Å²) in [6.07, 6.45) is 0.460. The summed E-state index contributed by atoms with van der Waals surface area (Å²) in [4.78, 5) is 29.2. The maximum absolute atomic E-state index is 13.8. The van der Waals surface area contributed by atoms with Crippen LogP contribution in [0.2, 0.25) is 0 Å². The molecule has 3 rings (SSSR count). The Hall–Kier alpha value is -3.05. The van der Waals surface area contributed by atoms with Gasteiger partial charge < -0.3 is 10.2 Å². The van der Waals surface area contributed by atoms with Crippen molar-refractivity contribution in [2.45, 2.75) is 71.8 Å². The van der Waals surface area contributed by atoms with Crippen LogP contribution >= 0.6 is 11.8 Å². The predicted octanol–water partition coefficient (Wildman–Crippen LogP) is 6.40. The van der Waals surface area contributed by atoms with E-state index < -0.39 is 11.6 Å². The summed E-state index contributed by atoms with van der Waals surface area (Å²) in [5, 5.41) is 3.13. The van der Waals surface area contributed by atoms with Gasteiger partial charge in [0, 0.05) is 24.3 Å². The van der Waals surface area contributed by atoms with Crippen molar-refractivity contribution < 1.29 is 9.59 Å². The first-order valence-electron chi connectivity index (χ1n) is 12.9. The highest BCUT2D eigenvalue weighted by molar-refractivity contribution is 7.99. The Morgan fingerprint density at radius 1 is 0.811 bits per heavy atom. The highest BCUT2D eigenvalue weighted by Crippen LogP contribution is 2.20. The Balaban J connectivity index is 1.87. The van der Waals surface area contributed by atoms with Gasteiger partial charge in [-0.1, -0.05) is 89.5 Å². The molecule has 0 aliphatic heterocycles. The Morgan fingerprint density at radius 3 is 2.05 bits per heavy atom. The average molecular weight is 517 g/mol. The van der Waals surface area contributed by atoms with Crippen molar-refractivity contribution in [1.82, 2.24) is 10.2 Å². The third kappa shape index (κ3) is 9.40. The van der Waals surface area contributed by atoms with Crippen molar-refractivity contribution in [2.75, 3.05) is 5.75 Å². The number of carbonyl (C=O) groups is 2. The van der Waals surface area contributed by atoms with Crippen LogP contribution in [0.1, 0.15) is 54.2 Å². The molecule has 3 aromatic rings. The zero-order valence-electron chi connectivity index (χ0n) is 23.0. The SMILES string of the molecule is Cc1cc(C)cc(CSCC(=O)N(Cc2cccc(C)c2)[C@@H](Cc2ccccc2)C(=O)NC(C)(C)C)c1. The largest absolute Gasteiger partial charge is 0.350 e. The van der Waals surface area contributed by atoms with E-state index in [2.05, 4.69) is 43.4 Å². The van der Waals surface area contributed by atoms with E-state index >= 15 is 0 Å². The molecule has 0 radical (unpaired) electrons. The molecule has 0 aliphatic rings. The first-order chi connectivity index (χ1) is 17.5. The minimum atomic E-state index is -0.614. The van der Waals surface area contributed by atoms with E-state index in [-0.39, 0.29) is 11.8 Å². The number of nitrogens with zero attached hydrogens (tertiary/aromatic N) is 1. The van der Waals surface area contributed by atoms with Crippen LogP contribution in [0.4, 0.5) is 0 Å². The Bertz CT molecular complexity index is 1180. The second-order valence-electron chi connectivity index (χ2n) is 10.9. The van der Waals surface area contributed by atoms with Crippen molar-refractivity contribution in [3.05, 3.63) is 106 Å². The first kappa shape index (κ1) is 28.5. The number of hydrogen-bond acceptors (Lipinski definition) is 3. The van der Waals surface area contributed by atoms with Crippen LogP contribution in [0.25, 0.3) is 0 Å². The molecule has 0 saturated carbocycles. The number of aryl methyl sites for hydroxylation is 3. The van der Waals surface area contributed by atoms with E-state index in [0.29, 0.717) is 18.7 Å². The molecule has 0 fully saturated rings. The van der Waals surface area contributed by atoms with Crippen molar-refractivity contribution >= 4 is 23.6 Å². The molecule has 0 aliphatic carbocycles. The van der Waals surface area contributed by atoms with Gasteiger partial charge in [0.15, 0.2) is 0 Å². The molecule has 3 aromatic carbocycles. The second-order valence-corrected chi connectivity index (χ2v) is 11.9. The highest BCUT2D eigenvalue weighted by Gasteiger charge is 2.32. The fourth-order valence-electron chi connectivity index (χ4n) is 4.51. The van der Waals surface area contributed by atoms with Crippen LogP contribution in [-0.4, -0.2) is 34.0 Å². The van der Waals surface area contributed by atoms with E-state index in [1.807, 2.05) is 76.2 Å². The summed E-state index contributed by atoms with van der Waals surface area (Å²) in [6.45, 7) is 12.5. The molecule has 37 heavy (non-hydrogen) atoms. The van der Waals surface area contributed by atoms with E-state index in [1.54, 1.807) is 16.7 Å². The number of carbonyl (C=O) groups excluding carboxylic acids is 2. The topological polar surface area (TPSA) is 49.4 Å². The summed E-state index contributed by atoms with van der Waals surface area (Å²) in [5.74, 6) is 0.911. The van der Waals surface area contributed by atoms with Crippen molar-refractivity contribution in [1.29, 1.82) is 0 Å². The molecule has 1 atom stereocenters. The van der Waals surface area contributed by atoms with Crippen LogP contribution in [0, 0.1) is 20.8 Å². The number of thioether (sulfide) groups is 1. The van der Waals surface area contributed by atoms with Gasteiger partial charge in [-0.3, -0.25) is 9.59 Å². The number of amides is 2. The summed E-state index contributed by atoms with van der Waals surface area (Å²) < 4.78 is 0. The van der Waals surface area contributed by atoms with Gasteiger partial charge in [0.25, 0.3) is 0 Å².